The van der Waals surface area contributed by atoms with Gasteiger partial charge in [-0.05, 0) is 13.3 Å². The number of rotatable bonds is 1. The lowest BCUT2D eigenvalue weighted by Gasteiger charge is -1.89. The molecule has 0 aliphatic carbocycles. The molecule has 0 bridgehead atoms. The zero-order chi connectivity index (χ0) is 6.85. The lowest BCUT2D eigenvalue weighted by Crippen LogP contribution is -1.90. The van der Waals surface area contributed by atoms with Crippen molar-refractivity contribution in [2.75, 3.05) is 0 Å². The van der Waals surface area contributed by atoms with Crippen LogP contribution in [0.1, 0.15) is 20.3 Å². The minimum Gasteiger partial charge on any atom is -0.203 e. The van der Waals surface area contributed by atoms with E-state index in [-0.39, 0.29) is 5.83 Å². The van der Waals surface area contributed by atoms with E-state index >= 15 is 0 Å². The van der Waals surface area contributed by atoms with Crippen molar-refractivity contribution < 1.29 is 4.39 Å². The van der Waals surface area contributed by atoms with E-state index < -0.39 is 0 Å². The van der Waals surface area contributed by atoms with Crippen molar-refractivity contribution in [3.8, 4) is 0 Å². The van der Waals surface area contributed by atoms with Crippen LogP contribution in [0, 0.1) is 0 Å². The van der Waals surface area contributed by atoms with Gasteiger partial charge in [-0.2, -0.15) is 10.5 Å². The van der Waals surface area contributed by atoms with Crippen LogP contribution < -0.4 is 5.43 Å². The summed E-state index contributed by atoms with van der Waals surface area (Å²) in [5.41, 5.74) is 4.47. The summed E-state index contributed by atoms with van der Waals surface area (Å²) < 4.78 is 12.6. The smallest absolute Gasteiger partial charge is 0.169 e. The van der Waals surface area contributed by atoms with Gasteiger partial charge in [-0.3, -0.25) is 0 Å². The Hall–Kier alpha value is -0.860. The Morgan fingerprint density at radius 1 is 1.56 bits per heavy atom. The first-order chi connectivity index (χ1) is 4.25. The number of allylic oxidation sites excluding steroid dienone is 2. The second kappa shape index (κ2) is 2.17. The average molecular weight is 127 g/mol. The van der Waals surface area contributed by atoms with Gasteiger partial charge in [-0.25, -0.2) is 4.39 Å². The van der Waals surface area contributed by atoms with E-state index in [9.17, 15) is 4.39 Å². The molecule has 1 aliphatic heterocycles. The first kappa shape index (κ1) is 6.26. The van der Waals surface area contributed by atoms with Gasteiger partial charge < -0.3 is 0 Å². The molecule has 1 radical (unpaired) electrons. The van der Waals surface area contributed by atoms with Crippen LogP contribution in [0.2, 0.25) is 0 Å². The van der Waals surface area contributed by atoms with Crippen molar-refractivity contribution in [1.29, 1.82) is 0 Å². The lowest BCUT2D eigenvalue weighted by atomic mass is 10.3. The third-order valence-corrected chi connectivity index (χ3v) is 1.23. The Labute approximate surface area is 53.4 Å². The minimum atomic E-state index is -0.252. The van der Waals surface area contributed by atoms with Gasteiger partial charge in [0.1, 0.15) is 5.70 Å². The Balaban J connectivity index is 2.79. The number of halogens is 1. The topological polar surface area (TPSA) is 26.5 Å². The zero-order valence-electron chi connectivity index (χ0n) is 5.48. The normalized spacial score (nSPS) is 17.9. The molecule has 0 N–H and O–H groups in total. The standard InChI is InChI=1S/C6H8FN2/c1-3-5-6(7)4(2)8-9-5/h3H2,1-2H3. The monoisotopic (exact) mass is 127 g/mol. The predicted molar refractivity (Wildman–Crippen MR) is 33.7 cm³/mol. The lowest BCUT2D eigenvalue weighted by molar-refractivity contribution is 0.655. The van der Waals surface area contributed by atoms with Gasteiger partial charge in [0.2, 0.25) is 0 Å². The van der Waals surface area contributed by atoms with Gasteiger partial charge in [0.05, 0.1) is 5.71 Å². The van der Waals surface area contributed by atoms with Crippen molar-refractivity contribution in [2.24, 2.45) is 5.10 Å². The largest absolute Gasteiger partial charge is 0.203 e. The van der Waals surface area contributed by atoms with Gasteiger partial charge in [-0.15, -0.1) is 0 Å². The Bertz CT molecular complexity index is 181. The summed E-state index contributed by atoms with van der Waals surface area (Å²) in [6.45, 7) is 3.47. The van der Waals surface area contributed by atoms with E-state index in [0.29, 0.717) is 17.8 Å². The molecule has 0 spiro atoms. The van der Waals surface area contributed by atoms with Crippen LogP contribution in [0.4, 0.5) is 4.39 Å². The van der Waals surface area contributed by atoms with Crippen LogP contribution in [0.5, 0.6) is 0 Å². The third-order valence-electron chi connectivity index (χ3n) is 1.23. The highest BCUT2D eigenvalue weighted by Gasteiger charge is 2.14. The van der Waals surface area contributed by atoms with Gasteiger partial charge in [0.15, 0.2) is 5.83 Å². The maximum atomic E-state index is 12.6. The van der Waals surface area contributed by atoms with Gasteiger partial charge in [0, 0.05) is 0 Å². The average Bonchev–Trinajstić information content (AvgIpc) is 2.15. The molecule has 2 nitrogen and oxygen atoms in total. The maximum absolute atomic E-state index is 12.6. The molecule has 1 aliphatic rings. The van der Waals surface area contributed by atoms with Crippen molar-refractivity contribution in [1.82, 2.24) is 5.43 Å². The van der Waals surface area contributed by atoms with E-state index in [1.165, 1.54) is 0 Å². The predicted octanol–water partition coefficient (Wildman–Crippen LogP) is 1.57. The summed E-state index contributed by atoms with van der Waals surface area (Å²) in [6.07, 6.45) is 0.618. The first-order valence-electron chi connectivity index (χ1n) is 2.90. The molecular weight excluding hydrogens is 119 g/mol. The SMILES string of the molecule is CCC1=C(F)C(C)=N[N]1. The van der Waals surface area contributed by atoms with E-state index in [0.717, 1.165) is 0 Å². The van der Waals surface area contributed by atoms with Crippen LogP contribution >= 0.6 is 0 Å². The molecule has 0 saturated carbocycles. The molecule has 0 aromatic heterocycles. The zero-order valence-corrected chi connectivity index (χ0v) is 5.48. The van der Waals surface area contributed by atoms with Gasteiger partial charge in [0.25, 0.3) is 0 Å². The van der Waals surface area contributed by atoms with Crippen molar-refractivity contribution in [3.05, 3.63) is 11.5 Å². The Morgan fingerprint density at radius 3 is 2.44 bits per heavy atom. The van der Waals surface area contributed by atoms with E-state index in [4.69, 9.17) is 0 Å². The van der Waals surface area contributed by atoms with E-state index in [1.54, 1.807) is 6.92 Å². The molecule has 3 heteroatoms. The van der Waals surface area contributed by atoms with E-state index in [2.05, 4.69) is 10.5 Å². The fourth-order valence-electron chi connectivity index (χ4n) is 0.658. The fraction of sp³-hybridized carbons (Fsp3) is 0.500. The highest BCUT2D eigenvalue weighted by molar-refractivity contribution is 5.98. The highest BCUT2D eigenvalue weighted by Crippen LogP contribution is 2.15. The fourth-order valence-corrected chi connectivity index (χ4v) is 0.658. The summed E-state index contributed by atoms with van der Waals surface area (Å²) in [5.74, 6) is -0.252. The maximum Gasteiger partial charge on any atom is 0.169 e. The molecule has 0 amide bonds. The van der Waals surface area contributed by atoms with Crippen LogP contribution in [0.3, 0.4) is 0 Å². The summed E-state index contributed by atoms with van der Waals surface area (Å²) in [5, 5.41) is 3.56. The highest BCUT2D eigenvalue weighted by atomic mass is 19.1. The number of hydrogen-bond donors (Lipinski definition) is 0. The van der Waals surface area contributed by atoms with E-state index in [1.807, 2.05) is 6.92 Å². The minimum absolute atomic E-state index is 0.252. The Kier molecular flexibility index (Phi) is 1.51. The van der Waals surface area contributed by atoms with Crippen molar-refractivity contribution >= 4 is 5.71 Å². The molecule has 1 rings (SSSR count). The van der Waals surface area contributed by atoms with Gasteiger partial charge in [-0.1, -0.05) is 6.92 Å². The molecule has 0 atom stereocenters. The molecule has 0 unspecified atom stereocenters. The van der Waals surface area contributed by atoms with Crippen molar-refractivity contribution in [2.45, 2.75) is 20.3 Å². The molecule has 0 aromatic carbocycles. The van der Waals surface area contributed by atoms with Crippen molar-refractivity contribution in [3.63, 3.8) is 0 Å². The van der Waals surface area contributed by atoms with Crippen LogP contribution in [0.15, 0.2) is 16.6 Å². The number of hydrogen-bond acceptors (Lipinski definition) is 1. The summed E-state index contributed by atoms with van der Waals surface area (Å²) in [6, 6.07) is 0. The summed E-state index contributed by atoms with van der Waals surface area (Å²) in [7, 11) is 0. The molecule has 9 heavy (non-hydrogen) atoms. The Morgan fingerprint density at radius 2 is 2.22 bits per heavy atom. The second-order valence-electron chi connectivity index (χ2n) is 1.90. The molecule has 0 fully saturated rings. The van der Waals surface area contributed by atoms with Gasteiger partial charge >= 0.3 is 0 Å². The van der Waals surface area contributed by atoms with Crippen LogP contribution in [-0.2, 0) is 0 Å². The molecule has 0 saturated heterocycles. The second-order valence-corrected chi connectivity index (χ2v) is 1.90. The third kappa shape index (κ3) is 0.943. The molecule has 49 valence electrons. The quantitative estimate of drug-likeness (QED) is 0.511. The first-order valence-corrected chi connectivity index (χ1v) is 2.90. The molecular formula is C6H8FN2. The number of nitrogens with zero attached hydrogens (tertiary/aromatic N) is 2. The van der Waals surface area contributed by atoms with Crippen LogP contribution in [-0.4, -0.2) is 5.71 Å². The summed E-state index contributed by atoms with van der Waals surface area (Å²) in [4.78, 5) is 0. The molecule has 0 aromatic rings. The van der Waals surface area contributed by atoms with Crippen LogP contribution in [0.25, 0.3) is 0 Å². The summed E-state index contributed by atoms with van der Waals surface area (Å²) >= 11 is 0. The molecule has 1 heterocycles.